The molecular formula is C14H23N. The Labute approximate surface area is 93.9 Å². The Bertz CT molecular complexity index is 271. The Morgan fingerprint density at radius 1 is 1.13 bits per heavy atom. The summed E-state index contributed by atoms with van der Waals surface area (Å²) < 4.78 is 0. The molecule has 1 aromatic rings. The van der Waals surface area contributed by atoms with Crippen LogP contribution >= 0.6 is 0 Å². The van der Waals surface area contributed by atoms with Crippen LogP contribution in [0.2, 0.25) is 0 Å². The van der Waals surface area contributed by atoms with Crippen molar-refractivity contribution < 1.29 is 0 Å². The van der Waals surface area contributed by atoms with Crippen LogP contribution in [0.5, 0.6) is 0 Å². The number of nitrogens with one attached hydrogen (secondary N) is 1. The quantitative estimate of drug-likeness (QED) is 0.795. The number of hydrogen-bond donors (Lipinski definition) is 1. The summed E-state index contributed by atoms with van der Waals surface area (Å²) in [5.41, 5.74) is 1.66. The Morgan fingerprint density at radius 3 is 2.27 bits per heavy atom. The normalized spacial score (nSPS) is 13.9. The predicted octanol–water partition coefficient (Wildman–Crippen LogP) is 3.25. The number of benzene rings is 1. The Kier molecular flexibility index (Phi) is 4.34. The van der Waals surface area contributed by atoms with Crippen molar-refractivity contribution in [2.24, 2.45) is 5.92 Å². The van der Waals surface area contributed by atoms with Crippen molar-refractivity contribution >= 4 is 0 Å². The highest BCUT2D eigenvalue weighted by molar-refractivity contribution is 5.15. The molecule has 1 nitrogen and oxygen atoms in total. The molecule has 0 aliphatic carbocycles. The monoisotopic (exact) mass is 205 g/mol. The second-order valence-corrected chi connectivity index (χ2v) is 5.43. The molecule has 0 aliphatic rings. The van der Waals surface area contributed by atoms with Crippen LogP contribution in [-0.2, 0) is 6.42 Å². The second-order valence-electron chi connectivity index (χ2n) is 5.43. The lowest BCUT2D eigenvalue weighted by Crippen LogP contribution is -2.38. The first-order valence-corrected chi connectivity index (χ1v) is 5.76. The molecule has 0 aliphatic heterocycles. The van der Waals surface area contributed by atoms with E-state index >= 15 is 0 Å². The molecule has 0 saturated carbocycles. The van der Waals surface area contributed by atoms with E-state index in [9.17, 15) is 0 Å². The first-order chi connectivity index (χ1) is 6.97. The fourth-order valence-corrected chi connectivity index (χ4v) is 1.57. The second kappa shape index (κ2) is 5.32. The largest absolute Gasteiger partial charge is 0.312 e. The smallest absolute Gasteiger partial charge is 0.00966 e. The van der Waals surface area contributed by atoms with E-state index in [4.69, 9.17) is 0 Å². The minimum absolute atomic E-state index is 0.227. The van der Waals surface area contributed by atoms with Gasteiger partial charge in [-0.25, -0.2) is 0 Å². The van der Waals surface area contributed by atoms with Gasteiger partial charge < -0.3 is 5.32 Å². The molecule has 1 heteroatoms. The lowest BCUT2D eigenvalue weighted by molar-refractivity contribution is 0.381. The van der Waals surface area contributed by atoms with E-state index in [2.05, 4.69) is 63.3 Å². The molecule has 1 rings (SSSR count). The predicted molar refractivity (Wildman–Crippen MR) is 67.1 cm³/mol. The van der Waals surface area contributed by atoms with Gasteiger partial charge in [0.05, 0.1) is 0 Å². The minimum atomic E-state index is 0.227. The lowest BCUT2D eigenvalue weighted by Gasteiger charge is -2.23. The van der Waals surface area contributed by atoms with Crippen molar-refractivity contribution in [3.63, 3.8) is 0 Å². The third kappa shape index (κ3) is 5.58. The van der Waals surface area contributed by atoms with Gasteiger partial charge in [0.2, 0.25) is 0 Å². The molecule has 0 aromatic heterocycles. The summed E-state index contributed by atoms with van der Waals surface area (Å²) in [6, 6.07) is 10.7. The van der Waals surface area contributed by atoms with Crippen LogP contribution in [0.3, 0.4) is 0 Å². The first-order valence-electron chi connectivity index (χ1n) is 5.76. The molecule has 0 saturated heterocycles. The summed E-state index contributed by atoms with van der Waals surface area (Å²) in [7, 11) is 0. The Balaban J connectivity index is 2.34. The van der Waals surface area contributed by atoms with E-state index in [-0.39, 0.29) is 5.54 Å². The van der Waals surface area contributed by atoms with Crippen LogP contribution in [0.1, 0.15) is 33.3 Å². The summed E-state index contributed by atoms with van der Waals surface area (Å²) in [5, 5.41) is 3.54. The molecule has 1 N–H and O–H groups in total. The fraction of sp³-hybridized carbons (Fsp3) is 0.571. The van der Waals surface area contributed by atoms with Gasteiger partial charge in [-0.15, -0.1) is 0 Å². The van der Waals surface area contributed by atoms with Crippen LogP contribution in [0.25, 0.3) is 0 Å². The highest BCUT2D eigenvalue weighted by atomic mass is 14.9. The molecule has 1 aromatic carbocycles. The summed E-state index contributed by atoms with van der Waals surface area (Å²) in [6.07, 6.45) is 1.16. The molecular weight excluding hydrogens is 182 g/mol. The van der Waals surface area contributed by atoms with E-state index < -0.39 is 0 Å². The fourth-order valence-electron chi connectivity index (χ4n) is 1.57. The third-order valence-corrected chi connectivity index (χ3v) is 2.41. The van der Waals surface area contributed by atoms with Gasteiger partial charge in [-0.05, 0) is 45.2 Å². The van der Waals surface area contributed by atoms with Gasteiger partial charge in [0, 0.05) is 5.54 Å². The molecule has 0 heterocycles. The molecule has 0 amide bonds. The molecule has 1 atom stereocenters. The maximum Gasteiger partial charge on any atom is 0.00966 e. The van der Waals surface area contributed by atoms with Crippen molar-refractivity contribution in [2.75, 3.05) is 6.54 Å². The molecule has 0 spiro atoms. The number of hydrogen-bond acceptors (Lipinski definition) is 1. The molecule has 0 fully saturated rings. The zero-order valence-corrected chi connectivity index (χ0v) is 10.4. The van der Waals surface area contributed by atoms with Gasteiger partial charge in [0.15, 0.2) is 0 Å². The number of rotatable bonds is 4. The van der Waals surface area contributed by atoms with Crippen molar-refractivity contribution in [3.8, 4) is 0 Å². The Morgan fingerprint density at radius 2 is 1.73 bits per heavy atom. The maximum absolute atomic E-state index is 3.54. The zero-order chi connectivity index (χ0) is 11.3. The van der Waals surface area contributed by atoms with Crippen molar-refractivity contribution in [1.82, 2.24) is 5.32 Å². The SMILES string of the molecule is CC(CNC(C)(C)C)Cc1ccccc1. The van der Waals surface area contributed by atoms with Gasteiger partial charge in [0.25, 0.3) is 0 Å². The van der Waals surface area contributed by atoms with Gasteiger partial charge >= 0.3 is 0 Å². The van der Waals surface area contributed by atoms with E-state index in [1.807, 2.05) is 0 Å². The van der Waals surface area contributed by atoms with Crippen LogP contribution in [-0.4, -0.2) is 12.1 Å². The van der Waals surface area contributed by atoms with Crippen molar-refractivity contribution in [3.05, 3.63) is 35.9 Å². The topological polar surface area (TPSA) is 12.0 Å². The van der Waals surface area contributed by atoms with Crippen LogP contribution in [0, 0.1) is 5.92 Å². The summed E-state index contributed by atoms with van der Waals surface area (Å²) in [6.45, 7) is 10.0. The highest BCUT2D eigenvalue weighted by Gasteiger charge is 2.11. The van der Waals surface area contributed by atoms with Crippen molar-refractivity contribution in [1.29, 1.82) is 0 Å². The van der Waals surface area contributed by atoms with E-state index in [0.717, 1.165) is 13.0 Å². The minimum Gasteiger partial charge on any atom is -0.312 e. The third-order valence-electron chi connectivity index (χ3n) is 2.41. The average molecular weight is 205 g/mol. The van der Waals surface area contributed by atoms with Gasteiger partial charge in [-0.2, -0.15) is 0 Å². The summed E-state index contributed by atoms with van der Waals surface area (Å²) >= 11 is 0. The molecule has 84 valence electrons. The molecule has 15 heavy (non-hydrogen) atoms. The van der Waals surface area contributed by atoms with E-state index in [1.54, 1.807) is 0 Å². The van der Waals surface area contributed by atoms with E-state index in [0.29, 0.717) is 5.92 Å². The average Bonchev–Trinajstić information content (AvgIpc) is 2.15. The zero-order valence-electron chi connectivity index (χ0n) is 10.4. The first kappa shape index (κ1) is 12.3. The lowest BCUT2D eigenvalue weighted by atomic mass is 9.99. The van der Waals surface area contributed by atoms with Gasteiger partial charge in [-0.3, -0.25) is 0 Å². The molecule has 0 bridgehead atoms. The van der Waals surface area contributed by atoms with Crippen LogP contribution < -0.4 is 5.32 Å². The summed E-state index contributed by atoms with van der Waals surface area (Å²) in [5.74, 6) is 0.687. The van der Waals surface area contributed by atoms with Crippen LogP contribution in [0.4, 0.5) is 0 Å². The standard InChI is InChI=1S/C14H23N/c1-12(11-15-14(2,3)4)10-13-8-6-5-7-9-13/h5-9,12,15H,10-11H2,1-4H3. The van der Waals surface area contributed by atoms with Crippen LogP contribution in [0.15, 0.2) is 30.3 Å². The Hall–Kier alpha value is -0.820. The molecule has 1 unspecified atom stereocenters. The van der Waals surface area contributed by atoms with Gasteiger partial charge in [-0.1, -0.05) is 37.3 Å². The van der Waals surface area contributed by atoms with Gasteiger partial charge in [0.1, 0.15) is 0 Å². The summed E-state index contributed by atoms with van der Waals surface area (Å²) in [4.78, 5) is 0. The van der Waals surface area contributed by atoms with E-state index in [1.165, 1.54) is 5.56 Å². The van der Waals surface area contributed by atoms with Crippen molar-refractivity contribution in [2.45, 2.75) is 39.7 Å². The maximum atomic E-state index is 3.54. The highest BCUT2D eigenvalue weighted by Crippen LogP contribution is 2.08. The molecule has 0 radical (unpaired) electrons.